The number of nitrogens with two attached hydrogens (primary N) is 1. The number of aryl methyl sites for hydroxylation is 1. The van der Waals surface area contributed by atoms with Gasteiger partial charge in [0, 0.05) is 38.6 Å². The van der Waals surface area contributed by atoms with Crippen LogP contribution in [0, 0.1) is 0 Å². The maximum Gasteiger partial charge on any atom is 0.326 e. The molecule has 0 saturated carbocycles. The van der Waals surface area contributed by atoms with Crippen LogP contribution in [0.2, 0.25) is 0 Å². The van der Waals surface area contributed by atoms with Crippen molar-refractivity contribution in [1.82, 2.24) is 20.4 Å². The first-order chi connectivity index (χ1) is 15.8. The van der Waals surface area contributed by atoms with E-state index in [1.807, 2.05) is 30.3 Å². The second kappa shape index (κ2) is 11.2. The molecule has 6 N–H and O–H groups in total. The van der Waals surface area contributed by atoms with E-state index in [0.717, 1.165) is 5.56 Å². The highest BCUT2D eigenvalue weighted by atomic mass is 16.4. The summed E-state index contributed by atoms with van der Waals surface area (Å²) < 4.78 is 0. The van der Waals surface area contributed by atoms with Gasteiger partial charge < -0.3 is 36.4 Å². The fourth-order valence-electron chi connectivity index (χ4n) is 4.27. The van der Waals surface area contributed by atoms with Crippen LogP contribution in [-0.2, 0) is 25.6 Å². The summed E-state index contributed by atoms with van der Waals surface area (Å²) >= 11 is 0. The van der Waals surface area contributed by atoms with Gasteiger partial charge in [-0.2, -0.15) is 0 Å². The molecule has 1 aromatic carbocycles. The van der Waals surface area contributed by atoms with Crippen molar-refractivity contribution in [2.45, 2.75) is 43.5 Å². The lowest BCUT2D eigenvalue weighted by atomic mass is 10.1. The van der Waals surface area contributed by atoms with Crippen LogP contribution in [0.25, 0.3) is 0 Å². The molecule has 33 heavy (non-hydrogen) atoms. The third-order valence-electron chi connectivity index (χ3n) is 6.07. The number of rotatable bonds is 8. The summed E-state index contributed by atoms with van der Waals surface area (Å²) in [7, 11) is 0. The number of nitrogens with zero attached hydrogens (tertiary/aromatic N) is 2. The molecule has 3 rings (SSSR count). The Morgan fingerprint density at radius 3 is 2.58 bits per heavy atom. The Bertz CT molecular complexity index is 866. The van der Waals surface area contributed by atoms with Crippen molar-refractivity contribution in [2.24, 2.45) is 5.73 Å². The molecule has 2 aliphatic rings. The number of hydrogen-bond donors (Lipinski definition) is 5. The minimum atomic E-state index is -1.24. The smallest absolute Gasteiger partial charge is 0.326 e. The zero-order chi connectivity index (χ0) is 24.0. The quantitative estimate of drug-likeness (QED) is 0.294. The van der Waals surface area contributed by atoms with Crippen molar-refractivity contribution in [3.05, 3.63) is 35.9 Å². The average molecular weight is 462 g/mol. The lowest BCUT2D eigenvalue weighted by molar-refractivity contribution is -0.150. The number of benzene rings is 1. The molecule has 11 nitrogen and oxygen atoms in total. The number of carboxylic acids is 1. The van der Waals surface area contributed by atoms with Gasteiger partial charge in [-0.05, 0) is 18.4 Å². The van der Waals surface area contributed by atoms with E-state index in [1.54, 1.807) is 0 Å². The van der Waals surface area contributed by atoms with Crippen LogP contribution in [0.15, 0.2) is 30.3 Å². The van der Waals surface area contributed by atoms with E-state index in [-0.39, 0.29) is 38.4 Å². The molecule has 180 valence electrons. The number of carbonyl (C=O) groups excluding carboxylic acids is 3. The Kier molecular flexibility index (Phi) is 8.37. The van der Waals surface area contributed by atoms with E-state index in [1.165, 1.54) is 9.80 Å². The molecule has 2 aliphatic heterocycles. The normalized spacial score (nSPS) is 23.8. The number of aliphatic hydroxyl groups excluding tert-OH is 1. The van der Waals surface area contributed by atoms with Crippen molar-refractivity contribution in [2.75, 3.05) is 32.7 Å². The molecule has 4 atom stereocenters. The molecule has 0 aliphatic carbocycles. The summed E-state index contributed by atoms with van der Waals surface area (Å²) in [6.07, 6.45) is -0.455. The standard InChI is InChI=1S/C22H31N5O6/c23-11-19(29)26-9-8-24-16(13-26)21(31)27-12-15(10-17(27)22(32)33)25-20(30)18(28)7-6-14-4-2-1-3-5-14/h1-5,15-18,24,28H,6-13,23H2,(H,25,30)(H,32,33)/t15-,16?,17+,18-/m1/s1. The monoisotopic (exact) mass is 461 g/mol. The number of hydrogen-bond acceptors (Lipinski definition) is 7. The minimum absolute atomic E-state index is 0.00988. The number of amides is 3. The van der Waals surface area contributed by atoms with E-state index in [0.29, 0.717) is 19.5 Å². The maximum atomic E-state index is 13.1. The first kappa shape index (κ1) is 24.6. The third-order valence-corrected chi connectivity index (χ3v) is 6.07. The van der Waals surface area contributed by atoms with Gasteiger partial charge in [-0.1, -0.05) is 30.3 Å². The van der Waals surface area contributed by atoms with Gasteiger partial charge in [-0.3, -0.25) is 14.4 Å². The van der Waals surface area contributed by atoms with E-state index >= 15 is 0 Å². The molecule has 0 radical (unpaired) electrons. The van der Waals surface area contributed by atoms with Crippen molar-refractivity contribution < 1.29 is 29.4 Å². The molecule has 1 aromatic rings. The topological polar surface area (TPSA) is 165 Å². The summed E-state index contributed by atoms with van der Waals surface area (Å²) in [6.45, 7) is 0.759. The van der Waals surface area contributed by atoms with Crippen LogP contribution in [0.4, 0.5) is 0 Å². The minimum Gasteiger partial charge on any atom is -0.480 e. The molecule has 0 aromatic heterocycles. The number of carboxylic acid groups (broad SMARTS) is 1. The number of aliphatic carboxylic acids is 1. The number of carbonyl (C=O) groups is 4. The van der Waals surface area contributed by atoms with Gasteiger partial charge in [-0.25, -0.2) is 4.79 Å². The van der Waals surface area contributed by atoms with Gasteiger partial charge in [0.05, 0.1) is 6.54 Å². The highest BCUT2D eigenvalue weighted by molar-refractivity contribution is 5.89. The SMILES string of the molecule is NCC(=O)N1CCNC(C(=O)N2C[C@H](NC(=O)[C@H](O)CCc3ccccc3)C[C@H]2C(=O)O)C1. The van der Waals surface area contributed by atoms with Gasteiger partial charge in [0.1, 0.15) is 18.2 Å². The van der Waals surface area contributed by atoms with Crippen molar-refractivity contribution in [3.8, 4) is 0 Å². The first-order valence-electron chi connectivity index (χ1n) is 11.1. The molecular weight excluding hydrogens is 430 g/mol. The molecule has 1 unspecified atom stereocenters. The van der Waals surface area contributed by atoms with Gasteiger partial charge in [-0.15, -0.1) is 0 Å². The van der Waals surface area contributed by atoms with Crippen molar-refractivity contribution in [3.63, 3.8) is 0 Å². The van der Waals surface area contributed by atoms with Crippen LogP contribution in [-0.4, -0.2) is 101 Å². The van der Waals surface area contributed by atoms with Crippen LogP contribution < -0.4 is 16.4 Å². The summed E-state index contributed by atoms with van der Waals surface area (Å²) in [5.74, 6) is -2.49. The molecule has 0 bridgehead atoms. The average Bonchev–Trinajstić information content (AvgIpc) is 3.26. The van der Waals surface area contributed by atoms with Crippen molar-refractivity contribution >= 4 is 23.7 Å². The first-order valence-corrected chi connectivity index (χ1v) is 11.1. The van der Waals surface area contributed by atoms with E-state index in [4.69, 9.17) is 5.73 Å². The molecule has 11 heteroatoms. The highest BCUT2D eigenvalue weighted by Gasteiger charge is 2.43. The molecule has 0 spiro atoms. The van der Waals surface area contributed by atoms with E-state index in [2.05, 4.69) is 10.6 Å². The Labute approximate surface area is 191 Å². The van der Waals surface area contributed by atoms with Crippen LogP contribution in [0.3, 0.4) is 0 Å². The molecule has 3 amide bonds. The molecular formula is C22H31N5O6. The van der Waals surface area contributed by atoms with Gasteiger partial charge in [0.25, 0.3) is 0 Å². The van der Waals surface area contributed by atoms with Crippen LogP contribution in [0.1, 0.15) is 18.4 Å². The third kappa shape index (κ3) is 6.28. The zero-order valence-corrected chi connectivity index (χ0v) is 18.4. The second-order valence-electron chi connectivity index (χ2n) is 8.38. The lowest BCUT2D eigenvalue weighted by Crippen LogP contribution is -2.60. The zero-order valence-electron chi connectivity index (χ0n) is 18.4. The number of piperazine rings is 1. The van der Waals surface area contributed by atoms with E-state index < -0.39 is 42.0 Å². The predicted octanol–water partition coefficient (Wildman–Crippen LogP) is -2.09. The number of aliphatic hydroxyl groups is 1. The highest BCUT2D eigenvalue weighted by Crippen LogP contribution is 2.21. The number of likely N-dealkylation sites (tertiary alicyclic amines) is 1. The van der Waals surface area contributed by atoms with Gasteiger partial charge in [0.2, 0.25) is 17.7 Å². The summed E-state index contributed by atoms with van der Waals surface area (Å²) in [5.41, 5.74) is 6.40. The van der Waals surface area contributed by atoms with Crippen LogP contribution in [0.5, 0.6) is 0 Å². The van der Waals surface area contributed by atoms with Crippen LogP contribution >= 0.6 is 0 Å². The Balaban J connectivity index is 1.57. The maximum absolute atomic E-state index is 13.1. The van der Waals surface area contributed by atoms with Gasteiger partial charge >= 0.3 is 5.97 Å². The molecule has 2 heterocycles. The lowest BCUT2D eigenvalue weighted by Gasteiger charge is -2.35. The van der Waals surface area contributed by atoms with Gasteiger partial charge in [0.15, 0.2) is 0 Å². The second-order valence-corrected chi connectivity index (χ2v) is 8.38. The molecule has 2 saturated heterocycles. The summed E-state index contributed by atoms with van der Waals surface area (Å²) in [5, 5.41) is 25.6. The number of nitrogens with one attached hydrogen (secondary N) is 2. The Hall–Kier alpha value is -3.02. The van der Waals surface area contributed by atoms with Crippen molar-refractivity contribution in [1.29, 1.82) is 0 Å². The largest absolute Gasteiger partial charge is 0.480 e. The fourth-order valence-corrected chi connectivity index (χ4v) is 4.27. The Morgan fingerprint density at radius 2 is 1.91 bits per heavy atom. The molecule has 2 fully saturated rings. The fraction of sp³-hybridized carbons (Fsp3) is 0.545. The predicted molar refractivity (Wildman–Crippen MR) is 118 cm³/mol. The Morgan fingerprint density at radius 1 is 1.18 bits per heavy atom. The van der Waals surface area contributed by atoms with E-state index in [9.17, 15) is 29.4 Å². The summed E-state index contributed by atoms with van der Waals surface area (Å²) in [4.78, 5) is 51.9. The summed E-state index contributed by atoms with van der Waals surface area (Å²) in [6, 6.07) is 7.01.